The molecular formula is C17H16N4O6S. The lowest BCUT2D eigenvalue weighted by Crippen LogP contribution is -2.43. The lowest BCUT2D eigenvalue weighted by Gasteiger charge is -2.28. The van der Waals surface area contributed by atoms with E-state index in [1.807, 2.05) is 0 Å². The fraction of sp³-hybridized carbons (Fsp3) is 0.235. The van der Waals surface area contributed by atoms with Gasteiger partial charge in [0, 0.05) is 17.0 Å². The van der Waals surface area contributed by atoms with Crippen molar-refractivity contribution in [3.05, 3.63) is 44.3 Å². The molecule has 11 heteroatoms. The Labute approximate surface area is 163 Å². The van der Waals surface area contributed by atoms with Crippen molar-refractivity contribution in [2.24, 2.45) is 5.73 Å². The molecule has 0 saturated carbocycles. The van der Waals surface area contributed by atoms with Gasteiger partial charge in [-0.05, 0) is 25.5 Å². The number of hydrogen-bond acceptors (Lipinski definition) is 7. The van der Waals surface area contributed by atoms with Crippen LogP contribution in [0.1, 0.15) is 20.8 Å². The van der Waals surface area contributed by atoms with Crippen molar-refractivity contribution in [2.75, 3.05) is 23.4 Å². The number of thiophene rings is 1. The summed E-state index contributed by atoms with van der Waals surface area (Å²) in [5.41, 5.74) is 6.19. The number of aryl methyl sites for hydroxylation is 1. The molecule has 10 nitrogen and oxygen atoms in total. The van der Waals surface area contributed by atoms with Crippen LogP contribution >= 0.6 is 11.3 Å². The molecule has 0 spiro atoms. The Kier molecular flexibility index (Phi) is 5.01. The summed E-state index contributed by atoms with van der Waals surface area (Å²) in [5.74, 6) is -1.49. The van der Waals surface area contributed by atoms with Gasteiger partial charge in [-0.25, -0.2) is 0 Å². The molecule has 0 unspecified atom stereocenters. The highest BCUT2D eigenvalue weighted by Crippen LogP contribution is 2.36. The Morgan fingerprint density at radius 3 is 2.75 bits per heavy atom. The number of nitrogens with two attached hydrogens (primary N) is 1. The predicted molar refractivity (Wildman–Crippen MR) is 102 cm³/mol. The highest BCUT2D eigenvalue weighted by molar-refractivity contribution is 7.16. The van der Waals surface area contributed by atoms with Crippen molar-refractivity contribution in [3.8, 4) is 5.75 Å². The van der Waals surface area contributed by atoms with Crippen LogP contribution in [0.25, 0.3) is 0 Å². The zero-order chi connectivity index (χ0) is 20.6. The van der Waals surface area contributed by atoms with Crippen molar-refractivity contribution in [3.63, 3.8) is 0 Å². The second-order valence-electron chi connectivity index (χ2n) is 6.08. The molecule has 0 saturated heterocycles. The molecule has 3 amide bonds. The standard InChI is InChI=1S/C17H16N4O6S/c1-8-9(2)28-17(15(8)16(18)24)19-13(22)6-20-11-5-10(21(25)26)3-4-12(11)27-7-14(20)23/h3-5H,6-7H2,1-2H3,(H2,18,24)(H,19,22). The number of carbonyl (C=O) groups is 3. The Bertz CT molecular complexity index is 1020. The van der Waals surface area contributed by atoms with Crippen LogP contribution in [-0.4, -0.2) is 35.8 Å². The summed E-state index contributed by atoms with van der Waals surface area (Å²) in [6.45, 7) is 2.83. The smallest absolute Gasteiger partial charge is 0.271 e. The van der Waals surface area contributed by atoms with E-state index in [0.29, 0.717) is 10.6 Å². The second kappa shape index (κ2) is 7.27. The van der Waals surface area contributed by atoms with E-state index >= 15 is 0 Å². The number of benzene rings is 1. The van der Waals surface area contributed by atoms with E-state index < -0.39 is 29.2 Å². The van der Waals surface area contributed by atoms with Crippen LogP contribution in [0, 0.1) is 24.0 Å². The maximum absolute atomic E-state index is 12.5. The maximum atomic E-state index is 12.5. The zero-order valence-electron chi connectivity index (χ0n) is 15.0. The van der Waals surface area contributed by atoms with Gasteiger partial charge in [0.1, 0.15) is 17.3 Å². The van der Waals surface area contributed by atoms with Crippen LogP contribution in [-0.2, 0) is 9.59 Å². The summed E-state index contributed by atoms with van der Waals surface area (Å²) in [5, 5.41) is 13.9. The van der Waals surface area contributed by atoms with Gasteiger partial charge in [-0.15, -0.1) is 11.3 Å². The van der Waals surface area contributed by atoms with Gasteiger partial charge in [-0.2, -0.15) is 0 Å². The molecule has 3 N–H and O–H groups in total. The summed E-state index contributed by atoms with van der Waals surface area (Å²) >= 11 is 1.20. The summed E-state index contributed by atoms with van der Waals surface area (Å²) in [6.07, 6.45) is 0. The molecule has 0 radical (unpaired) electrons. The van der Waals surface area contributed by atoms with E-state index in [2.05, 4.69) is 5.32 Å². The average molecular weight is 404 g/mol. The molecular weight excluding hydrogens is 388 g/mol. The monoisotopic (exact) mass is 404 g/mol. The molecule has 28 heavy (non-hydrogen) atoms. The number of nitrogens with zero attached hydrogens (tertiary/aromatic N) is 2. The maximum Gasteiger partial charge on any atom is 0.271 e. The number of rotatable bonds is 5. The normalized spacial score (nSPS) is 12.9. The van der Waals surface area contributed by atoms with Crippen LogP contribution in [0.15, 0.2) is 18.2 Å². The lowest BCUT2D eigenvalue weighted by molar-refractivity contribution is -0.384. The third kappa shape index (κ3) is 3.51. The number of anilines is 2. The first kappa shape index (κ1) is 19.3. The van der Waals surface area contributed by atoms with Gasteiger partial charge in [0.05, 0.1) is 16.2 Å². The van der Waals surface area contributed by atoms with E-state index in [1.165, 1.54) is 29.5 Å². The number of ether oxygens (including phenoxy) is 1. The van der Waals surface area contributed by atoms with Gasteiger partial charge in [0.2, 0.25) is 5.91 Å². The van der Waals surface area contributed by atoms with Crippen molar-refractivity contribution < 1.29 is 24.0 Å². The Balaban J connectivity index is 1.86. The van der Waals surface area contributed by atoms with Crippen molar-refractivity contribution >= 4 is 45.4 Å². The molecule has 1 aromatic carbocycles. The minimum atomic E-state index is -0.666. The number of nitro groups is 1. The van der Waals surface area contributed by atoms with Crippen molar-refractivity contribution in [1.29, 1.82) is 0 Å². The first-order chi connectivity index (χ1) is 13.2. The minimum Gasteiger partial charge on any atom is -0.482 e. The van der Waals surface area contributed by atoms with E-state index in [9.17, 15) is 24.5 Å². The number of amides is 3. The molecule has 1 aliphatic heterocycles. The number of nitrogens with one attached hydrogen (secondary N) is 1. The minimum absolute atomic E-state index is 0.134. The van der Waals surface area contributed by atoms with Crippen molar-refractivity contribution in [1.82, 2.24) is 0 Å². The molecule has 0 aliphatic carbocycles. The highest BCUT2D eigenvalue weighted by atomic mass is 32.1. The molecule has 0 atom stereocenters. The first-order valence-electron chi connectivity index (χ1n) is 8.10. The van der Waals surface area contributed by atoms with Crippen LogP contribution in [0.4, 0.5) is 16.4 Å². The quantitative estimate of drug-likeness (QED) is 0.573. The van der Waals surface area contributed by atoms with E-state index in [4.69, 9.17) is 10.5 Å². The Morgan fingerprint density at radius 1 is 1.39 bits per heavy atom. The van der Waals surface area contributed by atoms with Gasteiger partial charge < -0.3 is 15.8 Å². The van der Waals surface area contributed by atoms with Crippen LogP contribution in [0.5, 0.6) is 5.75 Å². The summed E-state index contributed by atoms with van der Waals surface area (Å²) in [6, 6.07) is 3.80. The third-order valence-corrected chi connectivity index (χ3v) is 5.41. The number of primary amides is 1. The van der Waals surface area contributed by atoms with Gasteiger partial charge in [0.15, 0.2) is 6.61 Å². The Hall–Kier alpha value is -3.47. The van der Waals surface area contributed by atoms with Crippen LogP contribution in [0.2, 0.25) is 0 Å². The molecule has 2 heterocycles. The fourth-order valence-electron chi connectivity index (χ4n) is 2.80. The zero-order valence-corrected chi connectivity index (χ0v) is 15.8. The first-order valence-corrected chi connectivity index (χ1v) is 8.92. The van der Waals surface area contributed by atoms with Gasteiger partial charge in [-0.3, -0.25) is 29.4 Å². The van der Waals surface area contributed by atoms with Crippen LogP contribution < -0.4 is 20.7 Å². The lowest BCUT2D eigenvalue weighted by atomic mass is 10.1. The molecule has 0 fully saturated rings. The number of fused-ring (bicyclic) bond motifs is 1. The van der Waals surface area contributed by atoms with Gasteiger partial charge in [0.25, 0.3) is 17.5 Å². The molecule has 0 bridgehead atoms. The summed E-state index contributed by atoms with van der Waals surface area (Å²) < 4.78 is 5.27. The Morgan fingerprint density at radius 2 is 2.11 bits per heavy atom. The fourth-order valence-corrected chi connectivity index (χ4v) is 3.88. The third-order valence-electron chi connectivity index (χ3n) is 4.28. The number of non-ortho nitro benzene ring substituents is 1. The molecule has 1 aromatic heterocycles. The highest BCUT2D eigenvalue weighted by Gasteiger charge is 2.30. The van der Waals surface area contributed by atoms with Gasteiger partial charge >= 0.3 is 0 Å². The molecule has 3 rings (SSSR count). The second-order valence-corrected chi connectivity index (χ2v) is 7.30. The summed E-state index contributed by atoms with van der Waals surface area (Å²) in [4.78, 5) is 48.8. The number of nitro benzene ring substituents is 1. The summed E-state index contributed by atoms with van der Waals surface area (Å²) in [7, 11) is 0. The molecule has 2 aromatic rings. The van der Waals surface area contributed by atoms with E-state index in [1.54, 1.807) is 13.8 Å². The molecule has 146 valence electrons. The largest absolute Gasteiger partial charge is 0.482 e. The topological polar surface area (TPSA) is 145 Å². The number of carbonyl (C=O) groups excluding carboxylic acids is 3. The number of hydrogen-bond donors (Lipinski definition) is 2. The average Bonchev–Trinajstić information content (AvgIpc) is 2.90. The van der Waals surface area contributed by atoms with E-state index in [0.717, 1.165) is 9.78 Å². The SMILES string of the molecule is Cc1sc(NC(=O)CN2C(=O)COc3ccc([N+](=O)[O-])cc32)c(C(N)=O)c1C. The molecule has 1 aliphatic rings. The predicted octanol–water partition coefficient (Wildman–Crippen LogP) is 1.74. The van der Waals surface area contributed by atoms with Gasteiger partial charge in [-0.1, -0.05) is 0 Å². The van der Waals surface area contributed by atoms with Crippen LogP contribution in [0.3, 0.4) is 0 Å². The van der Waals surface area contributed by atoms with E-state index in [-0.39, 0.29) is 29.3 Å². The van der Waals surface area contributed by atoms with Crippen molar-refractivity contribution in [2.45, 2.75) is 13.8 Å².